The first-order valence-corrected chi connectivity index (χ1v) is 13.9. The van der Waals surface area contributed by atoms with Crippen LogP contribution in [0.1, 0.15) is 0 Å². The fourth-order valence-electron chi connectivity index (χ4n) is 5.83. The molecule has 0 aliphatic heterocycles. The predicted molar refractivity (Wildman–Crippen MR) is 161 cm³/mol. The highest BCUT2D eigenvalue weighted by atomic mass is 32.1. The van der Waals surface area contributed by atoms with Gasteiger partial charge < -0.3 is 0 Å². The van der Waals surface area contributed by atoms with Crippen LogP contribution in [0.5, 0.6) is 0 Å². The lowest BCUT2D eigenvalue weighted by molar-refractivity contribution is 1.67. The van der Waals surface area contributed by atoms with Crippen LogP contribution in [-0.2, 0) is 0 Å². The maximum atomic E-state index is 2.32. The first kappa shape index (κ1) is 20.2. The van der Waals surface area contributed by atoms with Crippen molar-refractivity contribution in [2.45, 2.75) is 0 Å². The number of thiophene rings is 2. The quantitative estimate of drug-likeness (QED) is 0.211. The molecule has 2 heteroatoms. The van der Waals surface area contributed by atoms with E-state index in [0.717, 1.165) is 0 Å². The van der Waals surface area contributed by atoms with Gasteiger partial charge in [-0.25, -0.2) is 0 Å². The number of benzene rings is 6. The molecule has 36 heavy (non-hydrogen) atoms. The van der Waals surface area contributed by atoms with Crippen LogP contribution in [0.15, 0.2) is 121 Å². The molecule has 8 rings (SSSR count). The maximum Gasteiger partial charge on any atom is 0.0442 e. The molecular weight excluding hydrogens is 473 g/mol. The Hall–Kier alpha value is -3.98. The largest absolute Gasteiger partial charge is 0.144 e. The molecule has 6 aromatic carbocycles. The first-order chi connectivity index (χ1) is 17.9. The molecule has 0 saturated heterocycles. The van der Waals surface area contributed by atoms with E-state index >= 15 is 0 Å². The molecule has 8 aromatic rings. The van der Waals surface area contributed by atoms with Crippen LogP contribution in [0.3, 0.4) is 0 Å². The fraction of sp³-hybridized carbons (Fsp3) is 0. The fourth-order valence-corrected chi connectivity index (χ4v) is 8.04. The predicted octanol–water partition coefficient (Wildman–Crippen LogP) is 10.9. The molecule has 0 N–H and O–H groups in total. The van der Waals surface area contributed by atoms with Gasteiger partial charge in [-0.2, -0.15) is 0 Å². The summed E-state index contributed by atoms with van der Waals surface area (Å²) >= 11 is 3.76. The second-order valence-corrected chi connectivity index (χ2v) is 11.2. The number of fused-ring (bicyclic) bond motifs is 7. The summed E-state index contributed by atoms with van der Waals surface area (Å²) in [5.74, 6) is 0. The molecule has 0 amide bonds. The Labute approximate surface area is 216 Å². The second kappa shape index (κ2) is 7.76. The summed E-state index contributed by atoms with van der Waals surface area (Å²) in [5.41, 5.74) is 5.23. The van der Waals surface area contributed by atoms with E-state index in [9.17, 15) is 0 Å². The van der Waals surface area contributed by atoms with Crippen LogP contribution in [0, 0.1) is 0 Å². The van der Waals surface area contributed by atoms with Gasteiger partial charge in [-0.05, 0) is 55.7 Å². The molecule has 0 saturated carbocycles. The Morgan fingerprint density at radius 1 is 0.389 bits per heavy atom. The van der Waals surface area contributed by atoms with E-state index in [0.29, 0.717) is 0 Å². The van der Waals surface area contributed by atoms with E-state index in [2.05, 4.69) is 121 Å². The Morgan fingerprint density at radius 3 is 1.72 bits per heavy atom. The Bertz CT molecular complexity index is 2030. The molecule has 0 spiro atoms. The van der Waals surface area contributed by atoms with Crippen LogP contribution in [0.4, 0.5) is 0 Å². The van der Waals surface area contributed by atoms with E-state index in [4.69, 9.17) is 0 Å². The molecule has 0 fully saturated rings. The Morgan fingerprint density at radius 2 is 1.00 bits per heavy atom. The van der Waals surface area contributed by atoms with Gasteiger partial charge in [-0.1, -0.05) is 103 Å². The molecular formula is C34H20S2. The highest BCUT2D eigenvalue weighted by Gasteiger charge is 2.19. The van der Waals surface area contributed by atoms with Crippen LogP contribution in [0.25, 0.3) is 74.1 Å². The van der Waals surface area contributed by atoms with Crippen LogP contribution < -0.4 is 0 Å². The Kier molecular flexibility index (Phi) is 4.36. The summed E-state index contributed by atoms with van der Waals surface area (Å²) in [6, 6.07) is 42.4. The number of rotatable bonds is 2. The highest BCUT2D eigenvalue weighted by Crippen LogP contribution is 2.48. The van der Waals surface area contributed by atoms with Gasteiger partial charge in [0.2, 0.25) is 0 Å². The average Bonchev–Trinajstić information content (AvgIpc) is 3.57. The smallest absolute Gasteiger partial charge is 0.0442 e. The summed E-state index contributed by atoms with van der Waals surface area (Å²) in [6.07, 6.45) is 0. The van der Waals surface area contributed by atoms with E-state index in [1.807, 2.05) is 22.7 Å². The summed E-state index contributed by atoms with van der Waals surface area (Å²) in [6.45, 7) is 0. The minimum atomic E-state index is 1.26. The average molecular weight is 493 g/mol. The van der Waals surface area contributed by atoms with Gasteiger partial charge in [0, 0.05) is 35.8 Å². The molecule has 0 aliphatic carbocycles. The lowest BCUT2D eigenvalue weighted by Gasteiger charge is -2.18. The second-order valence-electron chi connectivity index (χ2n) is 9.27. The third-order valence-corrected chi connectivity index (χ3v) is 9.53. The summed E-state index contributed by atoms with van der Waals surface area (Å²) in [4.78, 5) is 0. The van der Waals surface area contributed by atoms with E-state index in [1.165, 1.54) is 74.1 Å². The molecule has 168 valence electrons. The zero-order valence-electron chi connectivity index (χ0n) is 19.4. The Balaban J connectivity index is 1.56. The lowest BCUT2D eigenvalue weighted by Crippen LogP contribution is -1.90. The van der Waals surface area contributed by atoms with Gasteiger partial charge in [-0.15, -0.1) is 22.7 Å². The van der Waals surface area contributed by atoms with Gasteiger partial charge in [0.05, 0.1) is 0 Å². The zero-order chi connectivity index (χ0) is 23.6. The maximum absolute atomic E-state index is 2.32. The standard InChI is InChI=1S/C34H20S2/c1-2-9-21(10-3-1)31-22-11-4-6-13-24(22)32(25-14-7-5-12-23(25)31)29-16-8-15-26-27-17-18-30-28(19-20-35-30)33(27)36-34(26)29/h1-20H. The number of hydrogen-bond acceptors (Lipinski definition) is 2. The van der Waals surface area contributed by atoms with Gasteiger partial charge in [0.1, 0.15) is 0 Å². The summed E-state index contributed by atoms with van der Waals surface area (Å²) < 4.78 is 4.12. The van der Waals surface area contributed by atoms with Gasteiger partial charge in [0.15, 0.2) is 0 Å². The monoisotopic (exact) mass is 492 g/mol. The van der Waals surface area contributed by atoms with Crippen LogP contribution >= 0.6 is 22.7 Å². The van der Waals surface area contributed by atoms with Crippen molar-refractivity contribution in [1.82, 2.24) is 0 Å². The third-order valence-electron chi connectivity index (χ3n) is 7.36. The molecule has 0 radical (unpaired) electrons. The minimum Gasteiger partial charge on any atom is -0.144 e. The molecule has 0 unspecified atom stereocenters. The zero-order valence-corrected chi connectivity index (χ0v) is 21.0. The van der Waals surface area contributed by atoms with Crippen molar-refractivity contribution in [1.29, 1.82) is 0 Å². The lowest BCUT2D eigenvalue weighted by atomic mass is 9.86. The summed E-state index contributed by atoms with van der Waals surface area (Å²) in [5, 5.41) is 11.5. The van der Waals surface area contributed by atoms with Crippen LogP contribution in [0.2, 0.25) is 0 Å². The van der Waals surface area contributed by atoms with Gasteiger partial charge in [0.25, 0.3) is 0 Å². The van der Waals surface area contributed by atoms with Crippen molar-refractivity contribution >= 4 is 74.5 Å². The molecule has 0 nitrogen and oxygen atoms in total. The molecule has 0 aliphatic rings. The van der Waals surface area contributed by atoms with Crippen molar-refractivity contribution in [2.75, 3.05) is 0 Å². The van der Waals surface area contributed by atoms with Gasteiger partial charge in [-0.3, -0.25) is 0 Å². The molecule has 0 bridgehead atoms. The normalized spacial score (nSPS) is 11.9. The number of hydrogen-bond donors (Lipinski definition) is 0. The van der Waals surface area contributed by atoms with Crippen molar-refractivity contribution in [3.8, 4) is 22.3 Å². The van der Waals surface area contributed by atoms with Crippen molar-refractivity contribution in [3.63, 3.8) is 0 Å². The van der Waals surface area contributed by atoms with E-state index in [-0.39, 0.29) is 0 Å². The van der Waals surface area contributed by atoms with E-state index < -0.39 is 0 Å². The summed E-state index contributed by atoms with van der Waals surface area (Å²) in [7, 11) is 0. The third kappa shape index (κ3) is 2.80. The van der Waals surface area contributed by atoms with Crippen molar-refractivity contribution < 1.29 is 0 Å². The minimum absolute atomic E-state index is 1.26. The van der Waals surface area contributed by atoms with Crippen LogP contribution in [-0.4, -0.2) is 0 Å². The van der Waals surface area contributed by atoms with Gasteiger partial charge >= 0.3 is 0 Å². The molecule has 0 atom stereocenters. The van der Waals surface area contributed by atoms with Crippen molar-refractivity contribution in [2.24, 2.45) is 0 Å². The topological polar surface area (TPSA) is 0 Å². The SMILES string of the molecule is c1ccc(-c2c3ccccc3c(-c3cccc4c3sc3c5ccsc5ccc43)c3ccccc23)cc1. The van der Waals surface area contributed by atoms with Crippen molar-refractivity contribution in [3.05, 3.63) is 121 Å². The highest BCUT2D eigenvalue weighted by molar-refractivity contribution is 7.28. The molecule has 2 aromatic heterocycles. The van der Waals surface area contributed by atoms with E-state index in [1.54, 1.807) is 0 Å². The molecule has 2 heterocycles. The first-order valence-electron chi connectivity index (χ1n) is 12.2.